The van der Waals surface area contributed by atoms with Crippen molar-refractivity contribution in [3.05, 3.63) is 0 Å². The molecule has 1 fully saturated rings. The maximum absolute atomic E-state index is 10.7. The molecule has 0 saturated carbocycles. The predicted molar refractivity (Wildman–Crippen MR) is 48.6 cm³/mol. The van der Waals surface area contributed by atoms with E-state index in [-0.39, 0.29) is 25.7 Å². The molecular weight excluding hydrogens is 204 g/mol. The fourth-order valence-electron chi connectivity index (χ4n) is 0.834. The number of aliphatic imine (C=N–C) groups is 1. The maximum atomic E-state index is 10.7. The maximum Gasteiger partial charge on any atom is 0.316 e. The van der Waals surface area contributed by atoms with Crippen molar-refractivity contribution in [2.45, 2.75) is 0 Å². The summed E-state index contributed by atoms with van der Waals surface area (Å²) in [5, 5.41) is 4.41. The third-order valence-electron chi connectivity index (χ3n) is 1.42. The number of carbonyl (C=O) groups is 3. The predicted octanol–water partition coefficient (Wildman–Crippen LogP) is -2.91. The number of amides is 3. The van der Waals surface area contributed by atoms with Gasteiger partial charge < -0.3 is 10.5 Å². The molecule has 3 amide bonds. The second-order valence-electron chi connectivity index (χ2n) is 2.66. The highest BCUT2D eigenvalue weighted by atomic mass is 16.5. The Morgan fingerprint density at radius 3 is 2.47 bits per heavy atom. The normalized spacial score (nSPS) is 14.8. The fourth-order valence-corrected chi connectivity index (χ4v) is 0.834. The molecule has 0 aromatic rings. The zero-order valence-corrected chi connectivity index (χ0v) is 7.78. The van der Waals surface area contributed by atoms with Crippen molar-refractivity contribution in [3.8, 4) is 0 Å². The van der Waals surface area contributed by atoms with Crippen LogP contribution in [0.15, 0.2) is 4.99 Å². The van der Waals surface area contributed by atoms with Gasteiger partial charge in [-0.05, 0) is 0 Å². The number of rotatable bonds is 5. The summed E-state index contributed by atoms with van der Waals surface area (Å²) in [5.41, 5.74) is 4.82. The van der Waals surface area contributed by atoms with E-state index in [1.165, 1.54) is 0 Å². The van der Waals surface area contributed by atoms with Crippen molar-refractivity contribution in [3.63, 3.8) is 0 Å². The van der Waals surface area contributed by atoms with Gasteiger partial charge in [-0.2, -0.15) is 0 Å². The molecule has 1 rings (SSSR count). The van der Waals surface area contributed by atoms with E-state index >= 15 is 0 Å². The number of carbonyl (C=O) groups excluding carboxylic acids is 3. The smallest absolute Gasteiger partial charge is 0.316 e. The van der Waals surface area contributed by atoms with Crippen molar-refractivity contribution in [1.29, 1.82) is 0 Å². The Bertz CT molecular complexity index is 307. The first-order chi connectivity index (χ1) is 7.09. The molecule has 0 atom stereocenters. The molecule has 0 aromatic heterocycles. The third kappa shape index (κ3) is 3.73. The molecule has 1 saturated heterocycles. The van der Waals surface area contributed by atoms with Gasteiger partial charge in [0.25, 0.3) is 0 Å². The molecule has 4 N–H and O–H groups in total. The van der Waals surface area contributed by atoms with E-state index in [0.29, 0.717) is 0 Å². The zero-order chi connectivity index (χ0) is 11.3. The minimum absolute atomic E-state index is 0.0904. The van der Waals surface area contributed by atoms with E-state index in [4.69, 9.17) is 10.5 Å². The van der Waals surface area contributed by atoms with E-state index < -0.39 is 17.7 Å². The van der Waals surface area contributed by atoms with Gasteiger partial charge in [-0.3, -0.25) is 30.0 Å². The van der Waals surface area contributed by atoms with Crippen LogP contribution >= 0.6 is 0 Å². The molecule has 1 aliphatic rings. The number of guanidine groups is 1. The number of primary amides is 1. The first kappa shape index (κ1) is 11.1. The summed E-state index contributed by atoms with van der Waals surface area (Å²) in [5.74, 6) is -1.96. The lowest BCUT2D eigenvalue weighted by Crippen LogP contribution is -2.26. The monoisotopic (exact) mass is 214 g/mol. The summed E-state index contributed by atoms with van der Waals surface area (Å²) in [6, 6.07) is 0. The quantitative estimate of drug-likeness (QED) is 0.335. The van der Waals surface area contributed by atoms with Gasteiger partial charge in [0, 0.05) is 0 Å². The Balaban J connectivity index is 2.19. The molecule has 0 aromatic carbocycles. The second kappa shape index (κ2) is 5.05. The lowest BCUT2D eigenvalue weighted by Gasteiger charge is -1.98. The first-order valence-electron chi connectivity index (χ1n) is 4.12. The average molecular weight is 214 g/mol. The van der Waals surface area contributed by atoms with Crippen molar-refractivity contribution < 1.29 is 19.1 Å². The Morgan fingerprint density at radius 1 is 1.33 bits per heavy atom. The lowest BCUT2D eigenvalue weighted by molar-refractivity contribution is -0.135. The van der Waals surface area contributed by atoms with Crippen LogP contribution < -0.4 is 16.4 Å². The summed E-state index contributed by atoms with van der Waals surface area (Å²) in [7, 11) is 0. The Labute approximate surface area is 84.9 Å². The topological polar surface area (TPSA) is 123 Å². The SMILES string of the molecule is NC(=O)COCCN=C1NC(=O)C(=O)N1. The summed E-state index contributed by atoms with van der Waals surface area (Å²) in [6.07, 6.45) is 0. The Hall–Kier alpha value is -1.96. The molecular formula is C7H10N4O4. The largest absolute Gasteiger partial charge is 0.370 e. The van der Waals surface area contributed by atoms with Crippen LogP contribution in [0, 0.1) is 0 Å². The molecule has 0 unspecified atom stereocenters. The zero-order valence-electron chi connectivity index (χ0n) is 7.78. The van der Waals surface area contributed by atoms with Gasteiger partial charge in [0.05, 0.1) is 13.2 Å². The summed E-state index contributed by atoms with van der Waals surface area (Å²) < 4.78 is 4.80. The highest BCUT2D eigenvalue weighted by Crippen LogP contribution is 1.83. The van der Waals surface area contributed by atoms with Gasteiger partial charge in [0.1, 0.15) is 6.61 Å². The minimum atomic E-state index is -0.744. The van der Waals surface area contributed by atoms with Gasteiger partial charge >= 0.3 is 11.8 Å². The highest BCUT2D eigenvalue weighted by Gasteiger charge is 2.24. The molecule has 82 valence electrons. The lowest BCUT2D eigenvalue weighted by atomic mass is 10.6. The fraction of sp³-hybridized carbons (Fsp3) is 0.429. The molecule has 8 nitrogen and oxygen atoms in total. The van der Waals surface area contributed by atoms with Crippen LogP contribution in [0.5, 0.6) is 0 Å². The van der Waals surface area contributed by atoms with E-state index in [1.54, 1.807) is 0 Å². The number of hydrogen-bond donors (Lipinski definition) is 3. The summed E-state index contributed by atoms with van der Waals surface area (Å²) >= 11 is 0. The van der Waals surface area contributed by atoms with E-state index in [2.05, 4.69) is 15.6 Å². The molecule has 0 radical (unpaired) electrons. The van der Waals surface area contributed by atoms with Crippen molar-refractivity contribution in [2.24, 2.45) is 10.7 Å². The molecule has 1 heterocycles. The van der Waals surface area contributed by atoms with Crippen LogP contribution in [0.25, 0.3) is 0 Å². The van der Waals surface area contributed by atoms with E-state index in [9.17, 15) is 14.4 Å². The molecule has 15 heavy (non-hydrogen) atoms. The average Bonchev–Trinajstić information content (AvgIpc) is 2.45. The number of nitrogens with two attached hydrogens (primary N) is 1. The molecule has 8 heteroatoms. The van der Waals surface area contributed by atoms with Crippen LogP contribution in [-0.4, -0.2) is 43.4 Å². The van der Waals surface area contributed by atoms with Gasteiger partial charge in [-0.1, -0.05) is 0 Å². The van der Waals surface area contributed by atoms with Crippen molar-refractivity contribution >= 4 is 23.7 Å². The van der Waals surface area contributed by atoms with Crippen LogP contribution in [0.4, 0.5) is 0 Å². The van der Waals surface area contributed by atoms with Crippen molar-refractivity contribution in [1.82, 2.24) is 10.6 Å². The number of nitrogens with zero attached hydrogens (tertiary/aromatic N) is 1. The first-order valence-corrected chi connectivity index (χ1v) is 4.12. The van der Waals surface area contributed by atoms with E-state index in [1.807, 2.05) is 0 Å². The number of ether oxygens (including phenoxy) is 1. The van der Waals surface area contributed by atoms with Gasteiger partial charge in [0.15, 0.2) is 0 Å². The van der Waals surface area contributed by atoms with Crippen LogP contribution in [0.1, 0.15) is 0 Å². The standard InChI is InChI=1S/C7H10N4O4/c8-4(12)3-15-2-1-9-7-10-5(13)6(14)11-7/h1-3H2,(H2,8,12)(H2,9,10,11,13,14). The summed E-state index contributed by atoms with van der Waals surface area (Å²) in [4.78, 5) is 35.4. The van der Waals surface area contributed by atoms with E-state index in [0.717, 1.165) is 0 Å². The molecule has 0 spiro atoms. The van der Waals surface area contributed by atoms with Gasteiger partial charge in [0.2, 0.25) is 11.9 Å². The minimum Gasteiger partial charge on any atom is -0.370 e. The third-order valence-corrected chi connectivity index (χ3v) is 1.42. The second-order valence-corrected chi connectivity index (χ2v) is 2.66. The highest BCUT2D eigenvalue weighted by molar-refractivity contribution is 6.45. The molecule has 0 aliphatic carbocycles. The van der Waals surface area contributed by atoms with Crippen molar-refractivity contribution in [2.75, 3.05) is 19.8 Å². The number of hydrogen-bond acceptors (Lipinski definition) is 5. The Morgan fingerprint density at radius 2 is 1.93 bits per heavy atom. The Kier molecular flexibility index (Phi) is 3.75. The van der Waals surface area contributed by atoms with Gasteiger partial charge in [-0.15, -0.1) is 0 Å². The summed E-state index contributed by atoms with van der Waals surface area (Å²) in [6.45, 7) is 0.213. The number of nitrogens with one attached hydrogen (secondary N) is 2. The molecule has 1 aliphatic heterocycles. The van der Waals surface area contributed by atoms with Crippen LogP contribution in [0.2, 0.25) is 0 Å². The van der Waals surface area contributed by atoms with Crippen LogP contribution in [0.3, 0.4) is 0 Å². The van der Waals surface area contributed by atoms with Crippen LogP contribution in [-0.2, 0) is 19.1 Å². The molecule has 0 bridgehead atoms. The van der Waals surface area contributed by atoms with Gasteiger partial charge in [-0.25, -0.2) is 0 Å².